The first-order chi connectivity index (χ1) is 9.48. The molecule has 3 heteroatoms. The van der Waals surface area contributed by atoms with Gasteiger partial charge in [0, 0.05) is 18.0 Å². The standard InChI is InChI=1S/C17H23NO2/c1-13(2)18-11-17(3,19)12-20-16-10-6-8-14-7-4-5-9-15(14)16/h4-10,13,18-19H,11-12H2,1-3H3/t17-/m1/s1. The van der Waals surface area contributed by atoms with Crippen LogP contribution < -0.4 is 10.1 Å². The van der Waals surface area contributed by atoms with E-state index in [-0.39, 0.29) is 6.61 Å². The number of rotatable bonds is 6. The van der Waals surface area contributed by atoms with Crippen LogP contribution in [0.3, 0.4) is 0 Å². The van der Waals surface area contributed by atoms with E-state index in [0.29, 0.717) is 12.6 Å². The van der Waals surface area contributed by atoms with Gasteiger partial charge in [0.2, 0.25) is 0 Å². The monoisotopic (exact) mass is 273 g/mol. The minimum atomic E-state index is -0.888. The molecule has 0 fully saturated rings. The highest BCUT2D eigenvalue weighted by atomic mass is 16.5. The summed E-state index contributed by atoms with van der Waals surface area (Å²) in [7, 11) is 0. The molecule has 3 nitrogen and oxygen atoms in total. The van der Waals surface area contributed by atoms with E-state index >= 15 is 0 Å². The molecule has 0 radical (unpaired) electrons. The van der Waals surface area contributed by atoms with Crippen LogP contribution in [-0.2, 0) is 0 Å². The summed E-state index contributed by atoms with van der Waals surface area (Å²) < 4.78 is 5.83. The third-order valence-corrected chi connectivity index (χ3v) is 3.18. The number of ether oxygens (including phenoxy) is 1. The molecule has 0 heterocycles. The lowest BCUT2D eigenvalue weighted by Gasteiger charge is -2.25. The molecule has 2 N–H and O–H groups in total. The Bertz CT molecular complexity index is 558. The van der Waals surface area contributed by atoms with Crippen LogP contribution in [0.25, 0.3) is 10.8 Å². The summed E-state index contributed by atoms with van der Waals surface area (Å²) in [6.07, 6.45) is 0. The molecule has 2 aromatic carbocycles. The SMILES string of the molecule is CC(C)NC[C@@](C)(O)COc1cccc2ccccc12. The zero-order valence-electron chi connectivity index (χ0n) is 12.4. The molecular formula is C17H23NO2. The van der Waals surface area contributed by atoms with Crippen molar-refractivity contribution in [3.8, 4) is 5.75 Å². The van der Waals surface area contributed by atoms with Gasteiger partial charge in [-0.05, 0) is 18.4 Å². The van der Waals surface area contributed by atoms with Gasteiger partial charge in [0.05, 0.1) is 0 Å². The molecule has 0 saturated heterocycles. The van der Waals surface area contributed by atoms with Crippen LogP contribution in [0.15, 0.2) is 42.5 Å². The highest BCUT2D eigenvalue weighted by Gasteiger charge is 2.21. The van der Waals surface area contributed by atoms with Crippen molar-refractivity contribution in [2.45, 2.75) is 32.4 Å². The molecule has 1 atom stereocenters. The van der Waals surface area contributed by atoms with E-state index in [1.807, 2.05) is 30.3 Å². The molecule has 0 aliphatic heterocycles. The van der Waals surface area contributed by atoms with Gasteiger partial charge in [-0.1, -0.05) is 50.2 Å². The van der Waals surface area contributed by atoms with Crippen molar-refractivity contribution in [1.82, 2.24) is 5.32 Å². The number of hydrogen-bond acceptors (Lipinski definition) is 3. The molecule has 2 aromatic rings. The molecule has 0 spiro atoms. The lowest BCUT2D eigenvalue weighted by Crippen LogP contribution is -2.44. The Morgan fingerprint density at radius 1 is 1.15 bits per heavy atom. The van der Waals surface area contributed by atoms with Crippen molar-refractivity contribution in [3.05, 3.63) is 42.5 Å². The number of fused-ring (bicyclic) bond motifs is 1. The van der Waals surface area contributed by atoms with Crippen molar-refractivity contribution in [3.63, 3.8) is 0 Å². The minimum absolute atomic E-state index is 0.265. The molecule has 0 bridgehead atoms. The lowest BCUT2D eigenvalue weighted by atomic mass is 10.1. The van der Waals surface area contributed by atoms with Gasteiger partial charge >= 0.3 is 0 Å². The fourth-order valence-corrected chi connectivity index (χ4v) is 2.03. The first-order valence-corrected chi connectivity index (χ1v) is 7.04. The molecule has 108 valence electrons. The van der Waals surface area contributed by atoms with Crippen LogP contribution in [0.4, 0.5) is 0 Å². The van der Waals surface area contributed by atoms with Gasteiger partial charge in [-0.2, -0.15) is 0 Å². The van der Waals surface area contributed by atoms with E-state index in [0.717, 1.165) is 16.5 Å². The van der Waals surface area contributed by atoms with Gasteiger partial charge in [0.1, 0.15) is 18.0 Å². The van der Waals surface area contributed by atoms with E-state index in [9.17, 15) is 5.11 Å². The van der Waals surface area contributed by atoms with Gasteiger partial charge in [0.15, 0.2) is 0 Å². The number of hydrogen-bond donors (Lipinski definition) is 2. The van der Waals surface area contributed by atoms with Gasteiger partial charge in [0.25, 0.3) is 0 Å². The fraction of sp³-hybridized carbons (Fsp3) is 0.412. The Hall–Kier alpha value is -1.58. The second-order valence-corrected chi connectivity index (χ2v) is 5.80. The van der Waals surface area contributed by atoms with E-state index in [4.69, 9.17) is 4.74 Å². The van der Waals surface area contributed by atoms with Crippen LogP contribution in [0.2, 0.25) is 0 Å². The third kappa shape index (κ3) is 3.95. The van der Waals surface area contributed by atoms with E-state index in [1.54, 1.807) is 6.92 Å². The topological polar surface area (TPSA) is 41.5 Å². The lowest BCUT2D eigenvalue weighted by molar-refractivity contribution is 0.0114. The molecule has 0 aliphatic carbocycles. The van der Waals surface area contributed by atoms with E-state index in [2.05, 4.69) is 31.3 Å². The summed E-state index contributed by atoms with van der Waals surface area (Å²) in [4.78, 5) is 0. The zero-order valence-corrected chi connectivity index (χ0v) is 12.4. The van der Waals surface area contributed by atoms with Crippen LogP contribution in [0.1, 0.15) is 20.8 Å². The largest absolute Gasteiger partial charge is 0.490 e. The second-order valence-electron chi connectivity index (χ2n) is 5.80. The predicted octanol–water partition coefficient (Wildman–Crippen LogP) is 2.97. The van der Waals surface area contributed by atoms with Gasteiger partial charge in [-0.15, -0.1) is 0 Å². The summed E-state index contributed by atoms with van der Waals surface area (Å²) in [6, 6.07) is 14.4. The highest BCUT2D eigenvalue weighted by molar-refractivity contribution is 5.88. The van der Waals surface area contributed by atoms with E-state index in [1.165, 1.54) is 0 Å². The van der Waals surface area contributed by atoms with Crippen LogP contribution >= 0.6 is 0 Å². The van der Waals surface area contributed by atoms with Crippen molar-refractivity contribution in [2.24, 2.45) is 0 Å². The van der Waals surface area contributed by atoms with Crippen molar-refractivity contribution < 1.29 is 9.84 Å². The molecule has 0 unspecified atom stereocenters. The summed E-state index contributed by atoms with van der Waals surface area (Å²) in [6.45, 7) is 6.67. The Morgan fingerprint density at radius 3 is 2.60 bits per heavy atom. The van der Waals surface area contributed by atoms with Crippen molar-refractivity contribution in [1.29, 1.82) is 0 Å². The quantitative estimate of drug-likeness (QED) is 0.850. The Morgan fingerprint density at radius 2 is 1.85 bits per heavy atom. The predicted molar refractivity (Wildman–Crippen MR) is 83.2 cm³/mol. The fourth-order valence-electron chi connectivity index (χ4n) is 2.03. The number of aliphatic hydroxyl groups is 1. The molecule has 0 amide bonds. The first kappa shape index (κ1) is 14.8. The maximum Gasteiger partial charge on any atom is 0.127 e. The molecule has 0 aromatic heterocycles. The summed E-state index contributed by atoms with van der Waals surface area (Å²) in [5, 5.41) is 15.8. The van der Waals surface area contributed by atoms with Gasteiger partial charge in [-0.25, -0.2) is 0 Å². The third-order valence-electron chi connectivity index (χ3n) is 3.18. The van der Waals surface area contributed by atoms with Crippen LogP contribution in [0.5, 0.6) is 5.75 Å². The molecular weight excluding hydrogens is 250 g/mol. The zero-order chi connectivity index (χ0) is 14.6. The Kier molecular flexibility index (Phi) is 4.63. The molecule has 0 saturated carbocycles. The highest BCUT2D eigenvalue weighted by Crippen LogP contribution is 2.25. The average molecular weight is 273 g/mol. The Balaban J connectivity index is 2.05. The summed E-state index contributed by atoms with van der Waals surface area (Å²) in [5.74, 6) is 0.813. The molecule has 2 rings (SSSR count). The van der Waals surface area contributed by atoms with Crippen molar-refractivity contribution >= 4 is 10.8 Å². The average Bonchev–Trinajstić information content (AvgIpc) is 2.43. The van der Waals surface area contributed by atoms with Crippen LogP contribution in [0, 0.1) is 0 Å². The van der Waals surface area contributed by atoms with E-state index < -0.39 is 5.60 Å². The molecule has 0 aliphatic rings. The maximum atomic E-state index is 10.3. The first-order valence-electron chi connectivity index (χ1n) is 7.04. The number of benzene rings is 2. The summed E-state index contributed by atoms with van der Waals surface area (Å²) >= 11 is 0. The second kappa shape index (κ2) is 6.25. The van der Waals surface area contributed by atoms with Gasteiger partial charge < -0.3 is 15.2 Å². The number of nitrogens with one attached hydrogen (secondary N) is 1. The minimum Gasteiger partial charge on any atom is -0.490 e. The molecule has 20 heavy (non-hydrogen) atoms. The van der Waals surface area contributed by atoms with Crippen LogP contribution in [-0.4, -0.2) is 29.9 Å². The normalized spacial score (nSPS) is 14.4. The smallest absolute Gasteiger partial charge is 0.127 e. The van der Waals surface area contributed by atoms with Crippen molar-refractivity contribution in [2.75, 3.05) is 13.2 Å². The Labute approximate surface area is 120 Å². The maximum absolute atomic E-state index is 10.3. The van der Waals surface area contributed by atoms with Gasteiger partial charge in [-0.3, -0.25) is 0 Å². The summed E-state index contributed by atoms with van der Waals surface area (Å²) in [5.41, 5.74) is -0.888.